The van der Waals surface area contributed by atoms with E-state index in [4.69, 9.17) is 9.84 Å². The van der Waals surface area contributed by atoms with Crippen LogP contribution in [0.15, 0.2) is 18.2 Å². The van der Waals surface area contributed by atoms with E-state index >= 15 is 0 Å². The Morgan fingerprint density at radius 1 is 1.50 bits per heavy atom. The molecular weight excluding hydrogens is 260 g/mol. The number of methoxy groups -OCH3 is 1. The first-order valence-electron chi connectivity index (χ1n) is 6.83. The van der Waals surface area contributed by atoms with Crippen molar-refractivity contribution in [3.8, 4) is 5.75 Å². The number of ether oxygens (including phenoxy) is 1. The van der Waals surface area contributed by atoms with E-state index in [-0.39, 0.29) is 12.3 Å². The smallest absolute Gasteiger partial charge is 0.275 e. The Morgan fingerprint density at radius 2 is 2.30 bits per heavy atom. The minimum absolute atomic E-state index is 0.0450. The fraction of sp³-hybridized carbons (Fsp3) is 0.571. The van der Waals surface area contributed by atoms with Crippen molar-refractivity contribution in [1.82, 2.24) is 0 Å². The molecule has 1 heterocycles. The summed E-state index contributed by atoms with van der Waals surface area (Å²) in [5, 5.41) is 20.0. The zero-order valence-corrected chi connectivity index (χ0v) is 11.6. The molecule has 6 nitrogen and oxygen atoms in total. The van der Waals surface area contributed by atoms with Gasteiger partial charge in [-0.25, -0.2) is 0 Å². The normalized spacial score (nSPS) is 18.9. The Morgan fingerprint density at radius 3 is 2.95 bits per heavy atom. The van der Waals surface area contributed by atoms with Crippen LogP contribution in [0.1, 0.15) is 19.3 Å². The standard InChI is InChI=1S/C14H20N2O4/c1-20-14-8-12(7-13(9-14)16(18)19)15-5-2-3-11(10-15)4-6-17/h7-9,11,17H,2-6,10H2,1H3. The number of nitrogens with zero attached hydrogens (tertiary/aromatic N) is 2. The Bertz CT molecular complexity index is 476. The van der Waals surface area contributed by atoms with E-state index in [1.54, 1.807) is 6.07 Å². The number of benzene rings is 1. The molecule has 20 heavy (non-hydrogen) atoms. The summed E-state index contributed by atoms with van der Waals surface area (Å²) in [5.74, 6) is 0.942. The minimum Gasteiger partial charge on any atom is -0.496 e. The lowest BCUT2D eigenvalue weighted by atomic mass is 9.95. The Kier molecular flexibility index (Phi) is 4.79. The summed E-state index contributed by atoms with van der Waals surface area (Å²) in [6.45, 7) is 1.90. The number of aliphatic hydroxyl groups excluding tert-OH is 1. The number of anilines is 1. The van der Waals surface area contributed by atoms with Gasteiger partial charge in [0.25, 0.3) is 5.69 Å². The number of aliphatic hydroxyl groups is 1. The molecule has 0 bridgehead atoms. The second-order valence-electron chi connectivity index (χ2n) is 5.11. The lowest BCUT2D eigenvalue weighted by molar-refractivity contribution is -0.384. The van der Waals surface area contributed by atoms with Crippen LogP contribution in [0.25, 0.3) is 0 Å². The molecule has 1 aromatic rings. The summed E-state index contributed by atoms with van der Waals surface area (Å²) >= 11 is 0. The summed E-state index contributed by atoms with van der Waals surface area (Å²) in [7, 11) is 1.51. The van der Waals surface area contributed by atoms with Gasteiger partial charge < -0.3 is 14.7 Å². The van der Waals surface area contributed by atoms with Gasteiger partial charge in [-0.2, -0.15) is 0 Å². The highest BCUT2D eigenvalue weighted by Gasteiger charge is 2.22. The topological polar surface area (TPSA) is 75.8 Å². The summed E-state index contributed by atoms with van der Waals surface area (Å²) in [6.07, 6.45) is 2.92. The SMILES string of the molecule is COc1cc(N2CCCC(CCO)C2)cc([N+](=O)[O-])c1. The third-order valence-corrected chi connectivity index (χ3v) is 3.74. The van der Waals surface area contributed by atoms with E-state index < -0.39 is 4.92 Å². The molecular formula is C14H20N2O4. The predicted octanol–water partition coefficient (Wildman–Crippen LogP) is 2.20. The maximum atomic E-state index is 11.0. The van der Waals surface area contributed by atoms with Crippen molar-refractivity contribution >= 4 is 11.4 Å². The molecule has 0 radical (unpaired) electrons. The average Bonchev–Trinajstić information content (AvgIpc) is 2.47. The first-order chi connectivity index (χ1) is 9.63. The number of hydrogen-bond acceptors (Lipinski definition) is 5. The van der Waals surface area contributed by atoms with Crippen LogP contribution in [0.5, 0.6) is 5.75 Å². The van der Waals surface area contributed by atoms with Gasteiger partial charge in [-0.15, -0.1) is 0 Å². The zero-order valence-electron chi connectivity index (χ0n) is 11.6. The van der Waals surface area contributed by atoms with E-state index in [2.05, 4.69) is 4.90 Å². The molecule has 0 aromatic heterocycles. The second kappa shape index (κ2) is 6.56. The summed E-state index contributed by atoms with van der Waals surface area (Å²) in [4.78, 5) is 12.7. The summed E-state index contributed by atoms with van der Waals surface area (Å²) in [6, 6.07) is 4.84. The fourth-order valence-corrected chi connectivity index (χ4v) is 2.69. The lowest BCUT2D eigenvalue weighted by Gasteiger charge is -2.34. The van der Waals surface area contributed by atoms with E-state index in [0.717, 1.165) is 38.0 Å². The summed E-state index contributed by atoms with van der Waals surface area (Å²) < 4.78 is 5.14. The minimum atomic E-state index is -0.402. The van der Waals surface area contributed by atoms with Crippen LogP contribution >= 0.6 is 0 Å². The van der Waals surface area contributed by atoms with Crippen LogP contribution in [0.3, 0.4) is 0 Å². The second-order valence-corrected chi connectivity index (χ2v) is 5.11. The van der Waals surface area contributed by atoms with Crippen molar-refractivity contribution in [1.29, 1.82) is 0 Å². The van der Waals surface area contributed by atoms with Gasteiger partial charge in [0.2, 0.25) is 0 Å². The van der Waals surface area contributed by atoms with Crippen molar-refractivity contribution in [2.45, 2.75) is 19.3 Å². The predicted molar refractivity (Wildman–Crippen MR) is 76.3 cm³/mol. The number of rotatable bonds is 5. The lowest BCUT2D eigenvalue weighted by Crippen LogP contribution is -2.35. The number of nitro benzene ring substituents is 1. The molecule has 0 aliphatic carbocycles. The van der Waals surface area contributed by atoms with Gasteiger partial charge in [-0.1, -0.05) is 0 Å². The molecule has 2 rings (SSSR count). The molecule has 1 aliphatic rings. The van der Waals surface area contributed by atoms with Gasteiger partial charge in [-0.05, 0) is 25.2 Å². The molecule has 0 amide bonds. The average molecular weight is 280 g/mol. The van der Waals surface area contributed by atoms with Crippen LogP contribution in [-0.4, -0.2) is 36.8 Å². The van der Waals surface area contributed by atoms with Crippen LogP contribution in [0.4, 0.5) is 11.4 Å². The molecule has 1 saturated heterocycles. The van der Waals surface area contributed by atoms with Crippen molar-refractivity contribution < 1.29 is 14.8 Å². The number of non-ortho nitro benzene ring substituents is 1. The third-order valence-electron chi connectivity index (χ3n) is 3.74. The molecule has 1 aromatic carbocycles. The van der Waals surface area contributed by atoms with E-state index in [1.165, 1.54) is 13.2 Å². The third kappa shape index (κ3) is 3.39. The highest BCUT2D eigenvalue weighted by molar-refractivity contribution is 5.58. The first kappa shape index (κ1) is 14.6. The first-order valence-corrected chi connectivity index (χ1v) is 6.83. The highest BCUT2D eigenvalue weighted by Crippen LogP contribution is 2.31. The van der Waals surface area contributed by atoms with Crippen molar-refractivity contribution in [2.24, 2.45) is 5.92 Å². The van der Waals surface area contributed by atoms with Crippen LogP contribution in [0.2, 0.25) is 0 Å². The number of piperidine rings is 1. The van der Waals surface area contributed by atoms with Crippen molar-refractivity contribution in [3.63, 3.8) is 0 Å². The maximum Gasteiger partial charge on any atom is 0.275 e. The maximum absolute atomic E-state index is 11.0. The Balaban J connectivity index is 2.22. The molecule has 1 unspecified atom stereocenters. The molecule has 1 fully saturated rings. The summed E-state index contributed by atoms with van der Waals surface area (Å²) in [5.41, 5.74) is 0.863. The molecule has 6 heteroatoms. The number of hydrogen-bond donors (Lipinski definition) is 1. The van der Waals surface area contributed by atoms with Crippen LogP contribution < -0.4 is 9.64 Å². The van der Waals surface area contributed by atoms with Gasteiger partial charge in [0.05, 0.1) is 18.1 Å². The van der Waals surface area contributed by atoms with Crippen LogP contribution in [-0.2, 0) is 0 Å². The largest absolute Gasteiger partial charge is 0.496 e. The van der Waals surface area contributed by atoms with Gasteiger partial charge in [0.15, 0.2) is 0 Å². The zero-order chi connectivity index (χ0) is 14.5. The van der Waals surface area contributed by atoms with Gasteiger partial charge in [-0.3, -0.25) is 10.1 Å². The highest BCUT2D eigenvalue weighted by atomic mass is 16.6. The van der Waals surface area contributed by atoms with E-state index in [0.29, 0.717) is 11.7 Å². The van der Waals surface area contributed by atoms with Crippen molar-refractivity contribution in [2.75, 3.05) is 31.7 Å². The molecule has 1 N–H and O–H groups in total. The van der Waals surface area contributed by atoms with E-state index in [9.17, 15) is 10.1 Å². The fourth-order valence-electron chi connectivity index (χ4n) is 2.69. The molecule has 0 spiro atoms. The van der Waals surface area contributed by atoms with Crippen LogP contribution in [0, 0.1) is 16.0 Å². The van der Waals surface area contributed by atoms with E-state index in [1.807, 2.05) is 6.07 Å². The quantitative estimate of drug-likeness (QED) is 0.661. The van der Waals surface area contributed by atoms with Gasteiger partial charge in [0, 0.05) is 37.5 Å². The molecule has 110 valence electrons. The Hall–Kier alpha value is -1.82. The number of nitro groups is 1. The monoisotopic (exact) mass is 280 g/mol. The Labute approximate surface area is 118 Å². The molecule has 1 atom stereocenters. The molecule has 1 aliphatic heterocycles. The van der Waals surface area contributed by atoms with Gasteiger partial charge >= 0.3 is 0 Å². The molecule has 0 saturated carbocycles. The van der Waals surface area contributed by atoms with Crippen molar-refractivity contribution in [3.05, 3.63) is 28.3 Å². The van der Waals surface area contributed by atoms with Gasteiger partial charge in [0.1, 0.15) is 5.75 Å².